The van der Waals surface area contributed by atoms with E-state index < -0.39 is 12.1 Å². The van der Waals surface area contributed by atoms with Crippen LogP contribution in [-0.2, 0) is 9.59 Å². The van der Waals surface area contributed by atoms with Gasteiger partial charge in [0, 0.05) is 13.1 Å². The number of alkyl halides is 3. The van der Waals surface area contributed by atoms with Gasteiger partial charge in [-0.05, 0) is 18.3 Å². The molecule has 0 aromatic rings. The lowest BCUT2D eigenvalue weighted by atomic mass is 9.99. The highest BCUT2D eigenvalue weighted by Gasteiger charge is 2.38. The molecule has 1 saturated heterocycles. The predicted molar refractivity (Wildman–Crippen MR) is 71.5 cm³/mol. The van der Waals surface area contributed by atoms with Crippen LogP contribution in [0.5, 0.6) is 0 Å². The fourth-order valence-electron chi connectivity index (χ4n) is 1.84. The first kappa shape index (κ1) is 19.7. The highest BCUT2D eigenvalue weighted by molar-refractivity contribution is 5.82. The highest BCUT2D eigenvalue weighted by Crippen LogP contribution is 2.18. The fraction of sp³-hybridized carbons (Fsp3) is 0.846. The van der Waals surface area contributed by atoms with Gasteiger partial charge in [0.15, 0.2) is 0 Å². The number of aliphatic carboxylic acids is 1. The maximum absolute atomic E-state index is 11.9. The molecule has 8 heteroatoms. The summed E-state index contributed by atoms with van der Waals surface area (Å²) >= 11 is 0. The maximum atomic E-state index is 11.9. The molecule has 124 valence electrons. The van der Waals surface area contributed by atoms with Gasteiger partial charge in [0.05, 0.1) is 6.04 Å². The van der Waals surface area contributed by atoms with Crippen molar-refractivity contribution in [3.63, 3.8) is 0 Å². The number of nitrogens with zero attached hydrogens (tertiary/aromatic N) is 1. The van der Waals surface area contributed by atoms with E-state index in [0.717, 1.165) is 25.9 Å². The van der Waals surface area contributed by atoms with E-state index in [0.29, 0.717) is 11.8 Å². The van der Waals surface area contributed by atoms with E-state index in [4.69, 9.17) is 15.6 Å². The lowest BCUT2D eigenvalue weighted by Crippen LogP contribution is -2.46. The van der Waals surface area contributed by atoms with E-state index in [1.807, 2.05) is 11.8 Å². The van der Waals surface area contributed by atoms with Gasteiger partial charge in [-0.2, -0.15) is 13.2 Å². The third-order valence-corrected chi connectivity index (χ3v) is 3.52. The Balaban J connectivity index is 0.000000486. The molecular weight excluding hydrogens is 289 g/mol. The van der Waals surface area contributed by atoms with Gasteiger partial charge in [0.2, 0.25) is 5.91 Å². The number of hydrogen-bond donors (Lipinski definition) is 2. The average Bonchev–Trinajstić information content (AvgIpc) is 2.82. The molecule has 1 amide bonds. The second-order valence-electron chi connectivity index (χ2n) is 5.39. The molecule has 1 rings (SSSR count). The Morgan fingerprint density at radius 3 is 2.19 bits per heavy atom. The molecule has 1 fully saturated rings. The van der Waals surface area contributed by atoms with E-state index >= 15 is 0 Å². The molecule has 21 heavy (non-hydrogen) atoms. The molecule has 0 saturated carbocycles. The monoisotopic (exact) mass is 312 g/mol. The van der Waals surface area contributed by atoms with Crippen molar-refractivity contribution in [3.05, 3.63) is 0 Å². The first-order valence-electron chi connectivity index (χ1n) is 6.85. The number of amides is 1. The van der Waals surface area contributed by atoms with Crippen LogP contribution in [0.3, 0.4) is 0 Å². The molecule has 0 bridgehead atoms. The summed E-state index contributed by atoms with van der Waals surface area (Å²) in [6.07, 6.45) is -2.99. The molecule has 0 aromatic heterocycles. The molecule has 3 atom stereocenters. The Morgan fingerprint density at radius 2 is 1.90 bits per heavy atom. The van der Waals surface area contributed by atoms with Crippen LogP contribution in [-0.4, -0.2) is 47.2 Å². The van der Waals surface area contributed by atoms with Gasteiger partial charge in [0.25, 0.3) is 0 Å². The first-order chi connectivity index (χ1) is 9.50. The Bertz CT molecular complexity index is 357. The third kappa shape index (κ3) is 6.79. The molecule has 1 aliphatic heterocycles. The zero-order valence-electron chi connectivity index (χ0n) is 12.5. The van der Waals surface area contributed by atoms with Crippen molar-refractivity contribution < 1.29 is 27.9 Å². The number of hydrogen-bond acceptors (Lipinski definition) is 3. The second kappa shape index (κ2) is 8.21. The van der Waals surface area contributed by atoms with Crippen molar-refractivity contribution in [2.75, 3.05) is 13.1 Å². The Morgan fingerprint density at radius 1 is 1.43 bits per heavy atom. The molecule has 5 nitrogen and oxygen atoms in total. The maximum Gasteiger partial charge on any atom is 0.490 e. The summed E-state index contributed by atoms with van der Waals surface area (Å²) in [5.41, 5.74) is 5.91. The number of carboxylic acid groups (broad SMARTS) is 1. The van der Waals surface area contributed by atoms with Crippen LogP contribution in [0.2, 0.25) is 0 Å². The fourth-order valence-corrected chi connectivity index (χ4v) is 1.84. The minimum atomic E-state index is -5.08. The van der Waals surface area contributed by atoms with Gasteiger partial charge < -0.3 is 15.7 Å². The molecule has 0 aliphatic carbocycles. The lowest BCUT2D eigenvalue weighted by molar-refractivity contribution is -0.192. The van der Waals surface area contributed by atoms with E-state index in [9.17, 15) is 18.0 Å². The SMILES string of the molecule is CC[C@@H](C)[C@H](N)C(=O)N1CCC(C)C1.O=C(O)C(F)(F)F. The third-order valence-electron chi connectivity index (χ3n) is 3.52. The van der Waals surface area contributed by atoms with Crippen molar-refractivity contribution in [1.29, 1.82) is 0 Å². The van der Waals surface area contributed by atoms with E-state index in [2.05, 4.69) is 13.8 Å². The molecular formula is C13H23F3N2O3. The molecule has 1 aliphatic rings. The van der Waals surface area contributed by atoms with Crippen molar-refractivity contribution in [3.8, 4) is 0 Å². The molecule has 0 spiro atoms. The van der Waals surface area contributed by atoms with Crippen LogP contribution in [0, 0.1) is 11.8 Å². The summed E-state index contributed by atoms with van der Waals surface area (Å²) in [5.74, 6) is -1.68. The van der Waals surface area contributed by atoms with Crippen LogP contribution in [0.25, 0.3) is 0 Å². The Hall–Kier alpha value is -1.31. The zero-order chi connectivity index (χ0) is 16.8. The van der Waals surface area contributed by atoms with Gasteiger partial charge in [-0.1, -0.05) is 27.2 Å². The summed E-state index contributed by atoms with van der Waals surface area (Å²) < 4.78 is 31.7. The summed E-state index contributed by atoms with van der Waals surface area (Å²) in [5, 5.41) is 7.12. The average molecular weight is 312 g/mol. The van der Waals surface area contributed by atoms with Crippen molar-refractivity contribution in [2.45, 2.75) is 45.8 Å². The number of rotatable bonds is 3. The van der Waals surface area contributed by atoms with E-state index in [-0.39, 0.29) is 11.9 Å². The van der Waals surface area contributed by atoms with Crippen molar-refractivity contribution in [2.24, 2.45) is 17.6 Å². The van der Waals surface area contributed by atoms with Crippen LogP contribution in [0.1, 0.15) is 33.6 Å². The Labute approximate surface area is 122 Å². The zero-order valence-corrected chi connectivity index (χ0v) is 12.5. The van der Waals surface area contributed by atoms with Gasteiger partial charge in [-0.25, -0.2) is 4.79 Å². The van der Waals surface area contributed by atoms with Crippen LogP contribution < -0.4 is 5.73 Å². The quantitative estimate of drug-likeness (QED) is 0.833. The van der Waals surface area contributed by atoms with Gasteiger partial charge in [-0.15, -0.1) is 0 Å². The summed E-state index contributed by atoms with van der Waals surface area (Å²) in [6, 6.07) is -0.301. The summed E-state index contributed by atoms with van der Waals surface area (Å²) in [4.78, 5) is 22.7. The largest absolute Gasteiger partial charge is 0.490 e. The van der Waals surface area contributed by atoms with E-state index in [1.165, 1.54) is 0 Å². The predicted octanol–water partition coefficient (Wildman–Crippen LogP) is 1.86. The molecule has 0 radical (unpaired) electrons. The van der Waals surface area contributed by atoms with Crippen LogP contribution in [0.4, 0.5) is 13.2 Å². The van der Waals surface area contributed by atoms with Gasteiger partial charge in [0.1, 0.15) is 0 Å². The topological polar surface area (TPSA) is 83.6 Å². The minimum Gasteiger partial charge on any atom is -0.475 e. The van der Waals surface area contributed by atoms with Crippen LogP contribution in [0.15, 0.2) is 0 Å². The summed E-state index contributed by atoms with van der Waals surface area (Å²) in [6.45, 7) is 8.08. The number of carbonyl (C=O) groups excluding carboxylic acids is 1. The lowest BCUT2D eigenvalue weighted by Gasteiger charge is -2.24. The normalized spacial score (nSPS) is 21.3. The Kier molecular flexibility index (Phi) is 7.70. The number of halogens is 3. The standard InChI is InChI=1S/C11H22N2O.C2HF3O2/c1-4-9(3)10(12)11(14)13-6-5-8(2)7-13;3-2(4,5)1(6)7/h8-10H,4-7,12H2,1-3H3;(H,6,7)/t8?,9-,10+;/m1./s1. The molecule has 1 unspecified atom stereocenters. The number of carboxylic acids is 1. The molecule has 1 heterocycles. The molecule has 3 N–H and O–H groups in total. The van der Waals surface area contributed by atoms with Crippen LogP contribution >= 0.6 is 0 Å². The van der Waals surface area contributed by atoms with Crippen molar-refractivity contribution >= 4 is 11.9 Å². The number of nitrogens with two attached hydrogens (primary N) is 1. The second-order valence-corrected chi connectivity index (χ2v) is 5.39. The van der Waals surface area contributed by atoms with Crippen molar-refractivity contribution in [1.82, 2.24) is 4.90 Å². The number of likely N-dealkylation sites (tertiary alicyclic amines) is 1. The van der Waals surface area contributed by atoms with E-state index in [1.54, 1.807) is 0 Å². The highest BCUT2D eigenvalue weighted by atomic mass is 19.4. The minimum absolute atomic E-state index is 0.142. The summed E-state index contributed by atoms with van der Waals surface area (Å²) in [7, 11) is 0. The van der Waals surface area contributed by atoms with Gasteiger partial charge in [-0.3, -0.25) is 4.79 Å². The first-order valence-corrected chi connectivity index (χ1v) is 6.85. The number of carbonyl (C=O) groups is 2. The smallest absolute Gasteiger partial charge is 0.475 e. The molecule has 0 aromatic carbocycles. The van der Waals surface area contributed by atoms with Gasteiger partial charge >= 0.3 is 12.1 Å².